The molecule has 1 heterocycles. The Morgan fingerprint density at radius 3 is 2.65 bits per heavy atom. The van der Waals surface area contributed by atoms with Crippen molar-refractivity contribution in [3.8, 4) is 6.19 Å². The molecular formula is C13H15FN2O. The van der Waals surface area contributed by atoms with Gasteiger partial charge in [0.2, 0.25) is 0 Å². The highest BCUT2D eigenvalue weighted by Gasteiger charge is 2.24. The summed E-state index contributed by atoms with van der Waals surface area (Å²) in [6.07, 6.45) is 4.48. The summed E-state index contributed by atoms with van der Waals surface area (Å²) in [5.41, 5.74) is 0.706. The van der Waals surface area contributed by atoms with Crippen LogP contribution < -0.4 is 4.90 Å². The minimum absolute atomic E-state index is 0.0923. The molecule has 1 aromatic carbocycles. The van der Waals surface area contributed by atoms with E-state index in [4.69, 9.17) is 10.00 Å². The maximum atomic E-state index is 12.8. The highest BCUT2D eigenvalue weighted by molar-refractivity contribution is 5.50. The predicted octanol–water partition coefficient (Wildman–Crippen LogP) is 2.68. The summed E-state index contributed by atoms with van der Waals surface area (Å²) in [6, 6.07) is 5.93. The Balaban J connectivity index is 2.02. The first-order valence-electron chi connectivity index (χ1n) is 5.77. The summed E-state index contributed by atoms with van der Waals surface area (Å²) in [4.78, 5) is 1.54. The van der Waals surface area contributed by atoms with E-state index in [9.17, 15) is 4.39 Å². The molecule has 0 amide bonds. The van der Waals surface area contributed by atoms with Crippen molar-refractivity contribution in [2.24, 2.45) is 0 Å². The highest BCUT2D eigenvalue weighted by atomic mass is 19.1. The van der Waals surface area contributed by atoms with Crippen molar-refractivity contribution < 1.29 is 9.13 Å². The van der Waals surface area contributed by atoms with Crippen LogP contribution in [-0.4, -0.2) is 18.8 Å². The summed E-state index contributed by atoms with van der Waals surface area (Å²) in [5.74, 6) is -0.294. The monoisotopic (exact) mass is 234 g/mol. The molecule has 2 unspecified atom stereocenters. The Morgan fingerprint density at radius 2 is 2.12 bits per heavy atom. The van der Waals surface area contributed by atoms with Crippen molar-refractivity contribution in [3.63, 3.8) is 0 Å². The molecule has 0 spiro atoms. The van der Waals surface area contributed by atoms with E-state index in [0.717, 1.165) is 12.8 Å². The molecule has 1 fully saturated rings. The Labute approximate surface area is 100 Å². The number of nitrogens with zero attached hydrogens (tertiary/aromatic N) is 2. The van der Waals surface area contributed by atoms with Gasteiger partial charge in [-0.15, -0.1) is 0 Å². The summed E-state index contributed by atoms with van der Waals surface area (Å²) in [5, 5.41) is 9.10. The zero-order valence-corrected chi connectivity index (χ0v) is 9.77. The fraction of sp³-hybridized carbons (Fsp3) is 0.462. The topological polar surface area (TPSA) is 36.3 Å². The van der Waals surface area contributed by atoms with E-state index in [1.54, 1.807) is 17.0 Å². The number of hydrogen-bond acceptors (Lipinski definition) is 3. The molecule has 0 aromatic heterocycles. The minimum Gasteiger partial charge on any atom is -0.373 e. The van der Waals surface area contributed by atoms with Gasteiger partial charge in [-0.25, -0.2) is 4.39 Å². The van der Waals surface area contributed by atoms with Gasteiger partial charge >= 0.3 is 0 Å². The average molecular weight is 234 g/mol. The van der Waals surface area contributed by atoms with Gasteiger partial charge in [-0.2, -0.15) is 5.26 Å². The lowest BCUT2D eigenvalue weighted by atomic mass is 10.2. The molecule has 1 aliphatic rings. The van der Waals surface area contributed by atoms with Crippen molar-refractivity contribution in [1.29, 1.82) is 5.26 Å². The van der Waals surface area contributed by atoms with Gasteiger partial charge in [0.05, 0.1) is 24.4 Å². The average Bonchev–Trinajstić information content (AvgIpc) is 2.73. The van der Waals surface area contributed by atoms with Crippen molar-refractivity contribution >= 4 is 5.69 Å². The number of rotatable bonds is 3. The number of anilines is 1. The number of benzene rings is 1. The summed E-state index contributed by atoms with van der Waals surface area (Å²) >= 11 is 0. The largest absolute Gasteiger partial charge is 0.373 e. The van der Waals surface area contributed by atoms with E-state index in [1.807, 2.05) is 6.92 Å². The van der Waals surface area contributed by atoms with Crippen molar-refractivity contribution in [3.05, 3.63) is 30.1 Å². The molecule has 0 radical (unpaired) electrons. The van der Waals surface area contributed by atoms with E-state index in [0.29, 0.717) is 12.2 Å². The van der Waals surface area contributed by atoms with Crippen LogP contribution >= 0.6 is 0 Å². The SMILES string of the molecule is CC1CCC(CN(C#N)c2ccc(F)cc2)O1. The molecule has 0 saturated carbocycles. The zero-order chi connectivity index (χ0) is 12.3. The Kier molecular flexibility index (Phi) is 3.60. The van der Waals surface area contributed by atoms with Gasteiger partial charge < -0.3 is 4.74 Å². The Hall–Kier alpha value is -1.60. The predicted molar refractivity (Wildman–Crippen MR) is 62.9 cm³/mol. The van der Waals surface area contributed by atoms with Crippen LogP contribution in [0.3, 0.4) is 0 Å². The quantitative estimate of drug-likeness (QED) is 0.596. The van der Waals surface area contributed by atoms with Crippen LogP contribution in [0.15, 0.2) is 24.3 Å². The summed E-state index contributed by atoms with van der Waals surface area (Å²) < 4.78 is 18.5. The normalized spacial score (nSPS) is 23.4. The first-order chi connectivity index (χ1) is 8.19. The third-order valence-corrected chi connectivity index (χ3v) is 2.97. The van der Waals surface area contributed by atoms with Gasteiger partial charge in [-0.3, -0.25) is 4.90 Å². The summed E-state index contributed by atoms with van der Waals surface area (Å²) in [7, 11) is 0. The third kappa shape index (κ3) is 2.95. The van der Waals surface area contributed by atoms with Crippen LogP contribution in [0.4, 0.5) is 10.1 Å². The number of halogens is 1. The maximum absolute atomic E-state index is 12.8. The second-order valence-corrected chi connectivity index (χ2v) is 4.33. The lowest BCUT2D eigenvalue weighted by Gasteiger charge is -2.19. The van der Waals surface area contributed by atoms with Gasteiger partial charge in [0.15, 0.2) is 6.19 Å². The number of hydrogen-bond donors (Lipinski definition) is 0. The third-order valence-electron chi connectivity index (χ3n) is 2.97. The van der Waals surface area contributed by atoms with Crippen LogP contribution in [-0.2, 0) is 4.74 Å². The molecule has 3 nitrogen and oxygen atoms in total. The lowest BCUT2D eigenvalue weighted by Crippen LogP contribution is -2.28. The Morgan fingerprint density at radius 1 is 1.41 bits per heavy atom. The molecule has 2 rings (SSSR count). The lowest BCUT2D eigenvalue weighted by molar-refractivity contribution is 0.0613. The molecule has 0 aliphatic carbocycles. The maximum Gasteiger partial charge on any atom is 0.184 e. The second-order valence-electron chi connectivity index (χ2n) is 4.33. The second kappa shape index (κ2) is 5.15. The summed E-state index contributed by atoms with van der Waals surface area (Å²) in [6.45, 7) is 2.57. The van der Waals surface area contributed by atoms with Gasteiger partial charge in [-0.05, 0) is 44.0 Å². The first kappa shape index (κ1) is 11.9. The zero-order valence-electron chi connectivity index (χ0n) is 9.77. The molecule has 90 valence electrons. The molecule has 1 saturated heterocycles. The van der Waals surface area contributed by atoms with Gasteiger partial charge in [0, 0.05) is 0 Å². The van der Waals surface area contributed by atoms with Crippen LogP contribution in [0.1, 0.15) is 19.8 Å². The van der Waals surface area contributed by atoms with E-state index >= 15 is 0 Å². The van der Waals surface area contributed by atoms with E-state index in [1.165, 1.54) is 12.1 Å². The van der Waals surface area contributed by atoms with Gasteiger partial charge in [-0.1, -0.05) is 0 Å². The minimum atomic E-state index is -0.294. The first-order valence-corrected chi connectivity index (χ1v) is 5.77. The number of nitriles is 1. The fourth-order valence-electron chi connectivity index (χ4n) is 2.05. The van der Waals surface area contributed by atoms with Gasteiger partial charge in [0.25, 0.3) is 0 Å². The van der Waals surface area contributed by atoms with Crippen molar-refractivity contribution in [2.75, 3.05) is 11.4 Å². The standard InChI is InChI=1S/C13H15FN2O/c1-10-2-7-13(17-10)8-16(9-15)12-5-3-11(14)4-6-12/h3-6,10,13H,2,7-8H2,1H3. The van der Waals surface area contributed by atoms with Crippen LogP contribution in [0.25, 0.3) is 0 Å². The van der Waals surface area contributed by atoms with Crippen LogP contribution in [0.5, 0.6) is 0 Å². The Bertz CT molecular complexity index is 412. The van der Waals surface area contributed by atoms with Crippen LogP contribution in [0.2, 0.25) is 0 Å². The molecule has 1 aromatic rings. The molecule has 1 aliphatic heterocycles. The van der Waals surface area contributed by atoms with E-state index in [-0.39, 0.29) is 18.0 Å². The van der Waals surface area contributed by atoms with Gasteiger partial charge in [0.1, 0.15) is 5.82 Å². The smallest absolute Gasteiger partial charge is 0.184 e. The molecule has 0 bridgehead atoms. The van der Waals surface area contributed by atoms with Crippen molar-refractivity contribution in [1.82, 2.24) is 0 Å². The highest BCUT2D eigenvalue weighted by Crippen LogP contribution is 2.22. The number of ether oxygens (including phenoxy) is 1. The molecule has 4 heteroatoms. The molecule has 0 N–H and O–H groups in total. The molecule has 2 atom stereocenters. The van der Waals surface area contributed by atoms with E-state index in [2.05, 4.69) is 6.19 Å². The fourth-order valence-corrected chi connectivity index (χ4v) is 2.05. The molecule has 17 heavy (non-hydrogen) atoms. The van der Waals surface area contributed by atoms with Crippen molar-refractivity contribution in [2.45, 2.75) is 32.0 Å². The van der Waals surface area contributed by atoms with Crippen LogP contribution in [0, 0.1) is 17.3 Å². The molecular weight excluding hydrogens is 219 g/mol. The van der Waals surface area contributed by atoms with E-state index < -0.39 is 0 Å².